The third-order valence-electron chi connectivity index (χ3n) is 5.77. The molecule has 29 heavy (non-hydrogen) atoms. The van der Waals surface area contributed by atoms with Gasteiger partial charge in [-0.25, -0.2) is 8.78 Å². The molecule has 156 valence electrons. The Balaban J connectivity index is 2.08. The summed E-state index contributed by atoms with van der Waals surface area (Å²) in [4.78, 5) is 12.0. The standard InChI is InChI=1S/C24H28F2O3/c1-17(27)23(2,24(3,28)22(25)26)16-8-7-9-18-12-14-19(15-13-18)20-10-5-6-11-21(20)29-4/h5-7,9-15,22,28H,8,16H2,1-4H3/b9-7+/t23-,24-/m1/s1. The summed E-state index contributed by atoms with van der Waals surface area (Å²) < 4.78 is 31.9. The topological polar surface area (TPSA) is 46.5 Å². The highest BCUT2D eigenvalue weighted by atomic mass is 19.3. The molecule has 0 unspecified atom stereocenters. The van der Waals surface area contributed by atoms with Crippen LogP contribution in [-0.4, -0.2) is 30.0 Å². The second-order valence-electron chi connectivity index (χ2n) is 7.60. The van der Waals surface area contributed by atoms with Crippen LogP contribution < -0.4 is 4.74 Å². The van der Waals surface area contributed by atoms with Gasteiger partial charge in [-0.3, -0.25) is 4.79 Å². The van der Waals surface area contributed by atoms with Crippen LogP contribution in [0.2, 0.25) is 0 Å². The van der Waals surface area contributed by atoms with Crippen molar-refractivity contribution in [3.05, 3.63) is 60.2 Å². The van der Waals surface area contributed by atoms with Crippen LogP contribution in [0.3, 0.4) is 0 Å². The van der Waals surface area contributed by atoms with Gasteiger partial charge in [0.2, 0.25) is 0 Å². The molecule has 1 N–H and O–H groups in total. The SMILES string of the molecule is COc1ccccc1-c1ccc(/C=C/CC[C@](C)(C(C)=O)[C@](C)(O)C(F)F)cc1. The van der Waals surface area contributed by atoms with E-state index in [2.05, 4.69) is 0 Å². The van der Waals surface area contributed by atoms with Crippen molar-refractivity contribution in [1.82, 2.24) is 0 Å². The fraction of sp³-hybridized carbons (Fsp3) is 0.375. The number of ketones is 1. The minimum atomic E-state index is -3.00. The molecule has 0 aromatic heterocycles. The molecule has 2 aromatic carbocycles. The molecule has 3 nitrogen and oxygen atoms in total. The summed E-state index contributed by atoms with van der Waals surface area (Å²) in [6, 6.07) is 15.6. The molecule has 0 bridgehead atoms. The smallest absolute Gasteiger partial charge is 0.267 e. The van der Waals surface area contributed by atoms with Crippen LogP contribution in [0.1, 0.15) is 39.2 Å². The van der Waals surface area contributed by atoms with Gasteiger partial charge in [0.25, 0.3) is 6.43 Å². The van der Waals surface area contributed by atoms with E-state index < -0.39 is 23.2 Å². The van der Waals surface area contributed by atoms with Crippen molar-refractivity contribution in [1.29, 1.82) is 0 Å². The van der Waals surface area contributed by atoms with Gasteiger partial charge in [-0.05, 0) is 50.8 Å². The maximum atomic E-state index is 13.2. The average Bonchev–Trinajstić information content (AvgIpc) is 2.71. The number of carbonyl (C=O) groups excluding carboxylic acids is 1. The lowest BCUT2D eigenvalue weighted by Gasteiger charge is -2.40. The summed E-state index contributed by atoms with van der Waals surface area (Å²) in [5.41, 5.74) is -0.912. The Bertz CT molecular complexity index is 857. The maximum absolute atomic E-state index is 13.2. The predicted octanol–water partition coefficient (Wildman–Crippen LogP) is 5.77. The Morgan fingerprint density at radius 1 is 1.14 bits per heavy atom. The number of hydrogen-bond acceptors (Lipinski definition) is 3. The van der Waals surface area contributed by atoms with Crippen molar-refractivity contribution in [2.24, 2.45) is 5.41 Å². The molecule has 0 saturated heterocycles. The fourth-order valence-corrected chi connectivity index (χ4v) is 3.27. The van der Waals surface area contributed by atoms with Crippen LogP contribution in [0.5, 0.6) is 5.75 Å². The summed E-state index contributed by atoms with van der Waals surface area (Å²) >= 11 is 0. The summed E-state index contributed by atoms with van der Waals surface area (Å²) in [5.74, 6) is 0.350. The van der Waals surface area contributed by atoms with Crippen LogP contribution in [-0.2, 0) is 4.79 Å². The third-order valence-corrected chi connectivity index (χ3v) is 5.77. The molecule has 0 radical (unpaired) electrons. The van der Waals surface area contributed by atoms with Gasteiger partial charge in [0.05, 0.1) is 12.5 Å². The largest absolute Gasteiger partial charge is 0.496 e. The van der Waals surface area contributed by atoms with Gasteiger partial charge >= 0.3 is 0 Å². The molecule has 0 spiro atoms. The number of aliphatic hydroxyl groups is 1. The van der Waals surface area contributed by atoms with Crippen molar-refractivity contribution in [2.45, 2.75) is 45.6 Å². The van der Waals surface area contributed by atoms with Crippen LogP contribution >= 0.6 is 0 Å². The number of allylic oxidation sites excluding steroid dienone is 1. The molecular formula is C24H28F2O3. The van der Waals surface area contributed by atoms with Gasteiger partial charge < -0.3 is 9.84 Å². The molecule has 5 heteroatoms. The minimum Gasteiger partial charge on any atom is -0.496 e. The predicted molar refractivity (Wildman–Crippen MR) is 112 cm³/mol. The molecule has 0 saturated carbocycles. The van der Waals surface area contributed by atoms with Gasteiger partial charge in [-0.15, -0.1) is 0 Å². The number of carbonyl (C=O) groups is 1. The first-order valence-electron chi connectivity index (χ1n) is 9.55. The van der Waals surface area contributed by atoms with Crippen LogP contribution in [0.4, 0.5) is 8.78 Å². The Morgan fingerprint density at radius 3 is 2.31 bits per heavy atom. The summed E-state index contributed by atoms with van der Waals surface area (Å²) in [6.45, 7) is 3.67. The number of halogens is 2. The minimum absolute atomic E-state index is 0.134. The highest BCUT2D eigenvalue weighted by molar-refractivity contribution is 5.83. The maximum Gasteiger partial charge on any atom is 0.267 e. The molecule has 0 heterocycles. The van der Waals surface area contributed by atoms with E-state index in [9.17, 15) is 18.7 Å². The van der Waals surface area contributed by atoms with E-state index >= 15 is 0 Å². The first-order valence-corrected chi connectivity index (χ1v) is 9.55. The number of Topliss-reactive ketones (excluding diaryl/α,β-unsaturated/α-hetero) is 1. The zero-order valence-electron chi connectivity index (χ0n) is 17.3. The van der Waals surface area contributed by atoms with E-state index in [1.54, 1.807) is 7.11 Å². The van der Waals surface area contributed by atoms with E-state index in [-0.39, 0.29) is 6.42 Å². The second kappa shape index (κ2) is 9.31. The molecule has 0 fully saturated rings. The Morgan fingerprint density at radius 2 is 1.76 bits per heavy atom. The van der Waals surface area contributed by atoms with E-state index in [1.807, 2.05) is 60.7 Å². The van der Waals surface area contributed by atoms with E-state index in [4.69, 9.17) is 4.74 Å². The highest BCUT2D eigenvalue weighted by Crippen LogP contribution is 2.41. The zero-order valence-corrected chi connectivity index (χ0v) is 17.3. The molecule has 2 atom stereocenters. The van der Waals surface area contributed by atoms with Gasteiger partial charge in [0, 0.05) is 5.56 Å². The third kappa shape index (κ3) is 4.91. The summed E-state index contributed by atoms with van der Waals surface area (Å²) in [5, 5.41) is 10.2. The fourth-order valence-electron chi connectivity index (χ4n) is 3.27. The molecule has 0 aliphatic heterocycles. The lowest BCUT2D eigenvalue weighted by Crippen LogP contribution is -2.53. The molecule has 2 rings (SSSR count). The Kier molecular flexibility index (Phi) is 7.31. The number of rotatable bonds is 9. The summed E-state index contributed by atoms with van der Waals surface area (Å²) in [6.07, 6.45) is 1.25. The van der Waals surface area contributed by atoms with Crippen molar-refractivity contribution >= 4 is 11.9 Å². The number of benzene rings is 2. The van der Waals surface area contributed by atoms with Crippen molar-refractivity contribution in [3.63, 3.8) is 0 Å². The number of ether oxygens (including phenoxy) is 1. The van der Waals surface area contributed by atoms with Gasteiger partial charge in [0.15, 0.2) is 0 Å². The van der Waals surface area contributed by atoms with Gasteiger partial charge in [-0.2, -0.15) is 0 Å². The van der Waals surface area contributed by atoms with Crippen molar-refractivity contribution in [3.8, 4) is 16.9 Å². The Labute approximate surface area is 171 Å². The quantitative estimate of drug-likeness (QED) is 0.579. The number of alkyl halides is 2. The lowest BCUT2D eigenvalue weighted by molar-refractivity contribution is -0.173. The molecule has 0 aliphatic carbocycles. The van der Waals surface area contributed by atoms with Crippen molar-refractivity contribution in [2.75, 3.05) is 7.11 Å². The zero-order chi connectivity index (χ0) is 21.7. The second-order valence-corrected chi connectivity index (χ2v) is 7.60. The lowest BCUT2D eigenvalue weighted by atomic mass is 9.68. The highest BCUT2D eigenvalue weighted by Gasteiger charge is 2.52. The number of para-hydroxylation sites is 1. The van der Waals surface area contributed by atoms with Crippen LogP contribution in [0.25, 0.3) is 17.2 Å². The average molecular weight is 402 g/mol. The first kappa shape index (κ1) is 22.8. The first-order chi connectivity index (χ1) is 13.6. The number of methoxy groups -OCH3 is 1. The van der Waals surface area contributed by atoms with Crippen LogP contribution in [0, 0.1) is 5.41 Å². The summed E-state index contributed by atoms with van der Waals surface area (Å²) in [7, 11) is 1.64. The molecule has 0 amide bonds. The monoisotopic (exact) mass is 402 g/mol. The van der Waals surface area contributed by atoms with Gasteiger partial charge in [-0.1, -0.05) is 54.6 Å². The normalized spacial score (nSPS) is 15.9. The Hall–Kier alpha value is -2.53. The molecular weight excluding hydrogens is 374 g/mol. The van der Waals surface area contributed by atoms with Gasteiger partial charge in [0.1, 0.15) is 17.1 Å². The van der Waals surface area contributed by atoms with Crippen molar-refractivity contribution < 1.29 is 23.4 Å². The molecule has 0 aliphatic rings. The van der Waals surface area contributed by atoms with E-state index in [0.29, 0.717) is 6.42 Å². The van der Waals surface area contributed by atoms with Crippen LogP contribution in [0.15, 0.2) is 54.6 Å². The number of hydrogen-bond donors (Lipinski definition) is 1. The van der Waals surface area contributed by atoms with E-state index in [0.717, 1.165) is 29.4 Å². The molecule has 2 aromatic rings. The van der Waals surface area contributed by atoms with E-state index in [1.165, 1.54) is 13.8 Å².